The van der Waals surface area contributed by atoms with Crippen molar-refractivity contribution in [3.8, 4) is 0 Å². The first-order chi connectivity index (χ1) is 9.80. The van der Waals surface area contributed by atoms with Gasteiger partial charge >= 0.3 is 0 Å². The largest absolute Gasteiger partial charge is 0.313 e. The summed E-state index contributed by atoms with van der Waals surface area (Å²) >= 11 is 0. The summed E-state index contributed by atoms with van der Waals surface area (Å²) in [6, 6.07) is 1.59. The normalized spacial score (nSPS) is 34.6. The van der Waals surface area contributed by atoms with Crippen molar-refractivity contribution >= 4 is 0 Å². The third kappa shape index (κ3) is 3.98. The van der Waals surface area contributed by atoms with Crippen molar-refractivity contribution in [2.45, 2.75) is 77.3 Å². The summed E-state index contributed by atoms with van der Waals surface area (Å²) < 4.78 is 0. The van der Waals surface area contributed by atoms with Gasteiger partial charge in [0.2, 0.25) is 0 Å². The molecule has 0 radical (unpaired) electrons. The molecular formula is C18H34N2. The standard InChI is InChI=1S/C18H34N2/c1-3-14-9-10-17(19-4-2)18(11-14)20(12-15-5-6-15)13-16-7-8-16/h14-19H,3-13H2,1-2H3. The molecule has 0 aromatic carbocycles. The summed E-state index contributed by atoms with van der Waals surface area (Å²) in [5.74, 6) is 3.06. The number of nitrogens with one attached hydrogen (secondary N) is 1. The highest BCUT2D eigenvalue weighted by atomic mass is 15.2. The number of hydrogen-bond acceptors (Lipinski definition) is 2. The lowest BCUT2D eigenvalue weighted by atomic mass is 9.80. The third-order valence-electron chi connectivity index (χ3n) is 5.82. The van der Waals surface area contributed by atoms with Crippen LogP contribution in [-0.2, 0) is 0 Å². The molecule has 116 valence electrons. The van der Waals surface area contributed by atoms with E-state index in [1.54, 1.807) is 0 Å². The zero-order valence-electron chi connectivity index (χ0n) is 13.6. The monoisotopic (exact) mass is 278 g/mol. The van der Waals surface area contributed by atoms with Crippen molar-refractivity contribution in [1.29, 1.82) is 0 Å². The summed E-state index contributed by atoms with van der Waals surface area (Å²) in [6.07, 6.45) is 11.7. The van der Waals surface area contributed by atoms with Crippen LogP contribution in [0.25, 0.3) is 0 Å². The smallest absolute Gasteiger partial charge is 0.0252 e. The Kier molecular flexibility index (Phi) is 5.04. The molecule has 0 aliphatic heterocycles. The highest BCUT2D eigenvalue weighted by Gasteiger charge is 2.38. The summed E-state index contributed by atoms with van der Waals surface area (Å²) in [7, 11) is 0. The van der Waals surface area contributed by atoms with E-state index in [1.807, 2.05) is 0 Å². The molecule has 3 rings (SSSR count). The molecule has 0 heterocycles. The minimum Gasteiger partial charge on any atom is -0.313 e. The Hall–Kier alpha value is -0.0800. The van der Waals surface area contributed by atoms with E-state index < -0.39 is 0 Å². The fraction of sp³-hybridized carbons (Fsp3) is 1.00. The highest BCUT2D eigenvalue weighted by Crippen LogP contribution is 2.38. The van der Waals surface area contributed by atoms with Crippen LogP contribution < -0.4 is 5.32 Å². The Balaban J connectivity index is 1.64. The van der Waals surface area contributed by atoms with Crippen molar-refractivity contribution in [3.63, 3.8) is 0 Å². The molecule has 3 aliphatic carbocycles. The molecule has 3 unspecified atom stereocenters. The summed E-state index contributed by atoms with van der Waals surface area (Å²) in [4.78, 5) is 2.92. The molecule has 0 spiro atoms. The summed E-state index contributed by atoms with van der Waals surface area (Å²) in [5.41, 5.74) is 0. The molecule has 2 nitrogen and oxygen atoms in total. The van der Waals surface area contributed by atoms with Crippen LogP contribution in [0.5, 0.6) is 0 Å². The lowest BCUT2D eigenvalue weighted by Gasteiger charge is -2.43. The van der Waals surface area contributed by atoms with Crippen molar-refractivity contribution in [2.24, 2.45) is 17.8 Å². The quantitative estimate of drug-likeness (QED) is 0.729. The first-order valence-electron chi connectivity index (χ1n) is 9.27. The van der Waals surface area contributed by atoms with E-state index in [0.29, 0.717) is 0 Å². The van der Waals surface area contributed by atoms with Gasteiger partial charge in [0, 0.05) is 25.2 Å². The maximum atomic E-state index is 3.81. The molecule has 3 saturated carbocycles. The van der Waals surface area contributed by atoms with Crippen LogP contribution in [0, 0.1) is 17.8 Å². The SMILES string of the molecule is CCNC1CCC(CC)CC1N(CC1CC1)CC1CC1. The lowest BCUT2D eigenvalue weighted by molar-refractivity contribution is 0.0873. The fourth-order valence-corrected chi connectivity index (χ4v) is 4.12. The van der Waals surface area contributed by atoms with E-state index in [-0.39, 0.29) is 0 Å². The lowest BCUT2D eigenvalue weighted by Crippen LogP contribution is -2.54. The molecule has 20 heavy (non-hydrogen) atoms. The second kappa shape index (κ2) is 6.79. The van der Waals surface area contributed by atoms with E-state index in [9.17, 15) is 0 Å². The van der Waals surface area contributed by atoms with Crippen LogP contribution in [0.15, 0.2) is 0 Å². The number of nitrogens with zero attached hydrogens (tertiary/aromatic N) is 1. The van der Waals surface area contributed by atoms with Crippen LogP contribution in [0.4, 0.5) is 0 Å². The van der Waals surface area contributed by atoms with Gasteiger partial charge in [0.1, 0.15) is 0 Å². The predicted octanol–water partition coefficient (Wildman–Crippen LogP) is 3.67. The van der Waals surface area contributed by atoms with Gasteiger partial charge in [-0.2, -0.15) is 0 Å². The minimum atomic E-state index is 0.764. The molecule has 0 saturated heterocycles. The number of rotatable bonds is 8. The van der Waals surface area contributed by atoms with Crippen LogP contribution in [-0.4, -0.2) is 36.6 Å². The Morgan fingerprint density at radius 3 is 1.95 bits per heavy atom. The van der Waals surface area contributed by atoms with Crippen molar-refractivity contribution < 1.29 is 0 Å². The van der Waals surface area contributed by atoms with E-state index >= 15 is 0 Å². The Morgan fingerprint density at radius 1 is 0.850 bits per heavy atom. The van der Waals surface area contributed by atoms with Crippen molar-refractivity contribution in [2.75, 3.05) is 19.6 Å². The predicted molar refractivity (Wildman–Crippen MR) is 85.9 cm³/mol. The van der Waals surface area contributed by atoms with Gasteiger partial charge in [-0.05, 0) is 69.2 Å². The molecule has 3 aliphatic rings. The van der Waals surface area contributed by atoms with E-state index in [2.05, 4.69) is 24.1 Å². The van der Waals surface area contributed by atoms with Gasteiger partial charge in [0.05, 0.1) is 0 Å². The number of hydrogen-bond donors (Lipinski definition) is 1. The molecule has 0 bridgehead atoms. The first kappa shape index (κ1) is 14.8. The maximum Gasteiger partial charge on any atom is 0.0252 e. The molecule has 2 heteroatoms. The highest BCUT2D eigenvalue weighted by molar-refractivity contribution is 4.94. The zero-order chi connectivity index (χ0) is 13.9. The van der Waals surface area contributed by atoms with Crippen LogP contribution in [0.2, 0.25) is 0 Å². The van der Waals surface area contributed by atoms with Gasteiger partial charge in [0.15, 0.2) is 0 Å². The minimum absolute atomic E-state index is 0.764. The average Bonchev–Trinajstić information content (AvgIpc) is 3.34. The topological polar surface area (TPSA) is 15.3 Å². The second-order valence-corrected chi connectivity index (χ2v) is 7.66. The average molecular weight is 278 g/mol. The molecule has 3 atom stereocenters. The molecule has 3 fully saturated rings. The maximum absolute atomic E-state index is 3.81. The van der Waals surface area contributed by atoms with E-state index in [4.69, 9.17) is 0 Å². The Bertz CT molecular complexity index is 282. The summed E-state index contributed by atoms with van der Waals surface area (Å²) in [6.45, 7) is 8.61. The molecule has 1 N–H and O–H groups in total. The zero-order valence-corrected chi connectivity index (χ0v) is 13.6. The molecule has 0 aromatic heterocycles. The van der Waals surface area contributed by atoms with Crippen LogP contribution in [0.3, 0.4) is 0 Å². The third-order valence-corrected chi connectivity index (χ3v) is 5.82. The van der Waals surface area contributed by atoms with Crippen molar-refractivity contribution in [1.82, 2.24) is 10.2 Å². The van der Waals surface area contributed by atoms with Gasteiger partial charge in [-0.3, -0.25) is 4.90 Å². The number of likely N-dealkylation sites (N-methyl/N-ethyl adjacent to an activating group) is 1. The molecule has 0 amide bonds. The van der Waals surface area contributed by atoms with Gasteiger partial charge in [-0.1, -0.05) is 20.3 Å². The Morgan fingerprint density at radius 2 is 1.45 bits per heavy atom. The Labute approximate surface area is 125 Å². The van der Waals surface area contributed by atoms with E-state index in [0.717, 1.165) is 36.4 Å². The fourth-order valence-electron chi connectivity index (χ4n) is 4.12. The summed E-state index contributed by atoms with van der Waals surface area (Å²) in [5, 5.41) is 3.81. The van der Waals surface area contributed by atoms with Gasteiger partial charge < -0.3 is 5.32 Å². The van der Waals surface area contributed by atoms with Crippen LogP contribution >= 0.6 is 0 Å². The van der Waals surface area contributed by atoms with Gasteiger partial charge in [-0.15, -0.1) is 0 Å². The van der Waals surface area contributed by atoms with Crippen LogP contribution in [0.1, 0.15) is 65.2 Å². The molecule has 0 aromatic rings. The van der Waals surface area contributed by atoms with Gasteiger partial charge in [-0.25, -0.2) is 0 Å². The second-order valence-electron chi connectivity index (χ2n) is 7.66. The van der Waals surface area contributed by atoms with Crippen molar-refractivity contribution in [3.05, 3.63) is 0 Å². The first-order valence-corrected chi connectivity index (χ1v) is 9.27. The molecular weight excluding hydrogens is 244 g/mol. The van der Waals surface area contributed by atoms with E-state index in [1.165, 1.54) is 64.5 Å². The van der Waals surface area contributed by atoms with Gasteiger partial charge in [0.25, 0.3) is 0 Å².